The second-order valence-corrected chi connectivity index (χ2v) is 9.10. The highest BCUT2D eigenvalue weighted by molar-refractivity contribution is 7.11. The van der Waals surface area contributed by atoms with Gasteiger partial charge >= 0.3 is 5.97 Å². The van der Waals surface area contributed by atoms with E-state index in [1.54, 1.807) is 17.4 Å². The van der Waals surface area contributed by atoms with Crippen LogP contribution >= 0.6 is 11.3 Å². The molecule has 4 nitrogen and oxygen atoms in total. The molecule has 0 aromatic carbocycles. The Labute approximate surface area is 152 Å². The van der Waals surface area contributed by atoms with Gasteiger partial charge in [0.2, 0.25) is 0 Å². The van der Waals surface area contributed by atoms with Crippen LogP contribution in [-0.4, -0.2) is 24.0 Å². The molecule has 25 heavy (non-hydrogen) atoms. The van der Waals surface area contributed by atoms with Crippen LogP contribution in [0.15, 0.2) is 17.5 Å². The maximum atomic E-state index is 12.3. The molecule has 0 aliphatic heterocycles. The highest BCUT2D eigenvalue weighted by Gasteiger charge is 2.51. The van der Waals surface area contributed by atoms with E-state index in [0.29, 0.717) is 0 Å². The zero-order valence-corrected chi connectivity index (χ0v) is 15.4. The number of rotatable bonds is 5. The van der Waals surface area contributed by atoms with E-state index in [2.05, 4.69) is 5.32 Å². The van der Waals surface area contributed by atoms with Crippen molar-refractivity contribution in [2.24, 2.45) is 17.8 Å². The van der Waals surface area contributed by atoms with Gasteiger partial charge in [0.15, 0.2) is 6.61 Å². The van der Waals surface area contributed by atoms with Crippen LogP contribution in [0.4, 0.5) is 0 Å². The minimum absolute atomic E-state index is 0.0256. The standard InChI is InChI=1S/C20H25NO3S/c1-13-4-5-25-17(13)2-3-19(23)24-12-18(22)21-20-9-14-6-15(10-20)8-16(7-14)11-20/h2-5,14-16H,6-12H2,1H3,(H,21,22)/b3-2+. The number of carbonyl (C=O) groups excluding carboxylic acids is 2. The fraction of sp³-hybridized carbons (Fsp3) is 0.600. The summed E-state index contributed by atoms with van der Waals surface area (Å²) in [5.74, 6) is 1.73. The summed E-state index contributed by atoms with van der Waals surface area (Å²) >= 11 is 1.58. The molecule has 5 heteroatoms. The van der Waals surface area contributed by atoms with Gasteiger partial charge in [0, 0.05) is 16.5 Å². The molecule has 4 fully saturated rings. The maximum absolute atomic E-state index is 12.3. The Morgan fingerprint density at radius 3 is 2.44 bits per heavy atom. The van der Waals surface area contributed by atoms with Crippen LogP contribution in [0.25, 0.3) is 6.08 Å². The van der Waals surface area contributed by atoms with Gasteiger partial charge in [-0.05, 0) is 86.3 Å². The number of hydrogen-bond donors (Lipinski definition) is 1. The largest absolute Gasteiger partial charge is 0.452 e. The van der Waals surface area contributed by atoms with Crippen molar-refractivity contribution in [3.05, 3.63) is 28.0 Å². The number of thiophene rings is 1. The highest BCUT2D eigenvalue weighted by atomic mass is 32.1. The molecule has 4 aliphatic carbocycles. The van der Waals surface area contributed by atoms with E-state index < -0.39 is 5.97 Å². The highest BCUT2D eigenvalue weighted by Crippen LogP contribution is 2.55. The average molecular weight is 359 g/mol. The van der Waals surface area contributed by atoms with Gasteiger partial charge < -0.3 is 10.1 Å². The molecule has 1 aromatic heterocycles. The fourth-order valence-corrected chi connectivity index (χ4v) is 6.30. The molecule has 0 spiro atoms. The van der Waals surface area contributed by atoms with Crippen molar-refractivity contribution in [1.29, 1.82) is 0 Å². The van der Waals surface area contributed by atoms with E-state index in [1.807, 2.05) is 18.4 Å². The van der Waals surface area contributed by atoms with Crippen LogP contribution < -0.4 is 5.32 Å². The Bertz CT molecular complexity index is 670. The number of aryl methyl sites for hydroxylation is 1. The van der Waals surface area contributed by atoms with Gasteiger partial charge in [0.25, 0.3) is 5.91 Å². The van der Waals surface area contributed by atoms with Gasteiger partial charge in [0.1, 0.15) is 0 Å². The monoisotopic (exact) mass is 359 g/mol. The first kappa shape index (κ1) is 16.8. The molecule has 5 rings (SSSR count). The van der Waals surface area contributed by atoms with Crippen LogP contribution in [0.2, 0.25) is 0 Å². The lowest BCUT2D eigenvalue weighted by molar-refractivity contribution is -0.145. The summed E-state index contributed by atoms with van der Waals surface area (Å²) in [6.07, 6.45) is 10.5. The van der Waals surface area contributed by atoms with Gasteiger partial charge in [-0.1, -0.05) is 0 Å². The topological polar surface area (TPSA) is 55.4 Å². The number of hydrogen-bond acceptors (Lipinski definition) is 4. The minimum Gasteiger partial charge on any atom is -0.452 e. The molecule has 0 saturated heterocycles. The quantitative estimate of drug-likeness (QED) is 0.644. The Kier molecular flexibility index (Phi) is 4.44. The molecular weight excluding hydrogens is 334 g/mol. The molecule has 0 atom stereocenters. The third kappa shape index (κ3) is 3.66. The zero-order valence-electron chi connectivity index (χ0n) is 14.6. The molecule has 1 N–H and O–H groups in total. The molecular formula is C20H25NO3S. The van der Waals surface area contributed by atoms with E-state index in [-0.39, 0.29) is 18.1 Å². The lowest BCUT2D eigenvalue weighted by Crippen LogP contribution is -2.60. The smallest absolute Gasteiger partial charge is 0.331 e. The van der Waals surface area contributed by atoms with Gasteiger partial charge in [-0.2, -0.15) is 0 Å². The van der Waals surface area contributed by atoms with E-state index in [0.717, 1.165) is 47.5 Å². The number of carbonyl (C=O) groups is 2. The molecule has 4 saturated carbocycles. The third-order valence-corrected chi connectivity index (χ3v) is 7.05. The SMILES string of the molecule is Cc1ccsc1/C=C/C(=O)OCC(=O)NC12CC3CC(CC(C3)C1)C2. The van der Waals surface area contributed by atoms with Gasteiger partial charge in [-0.3, -0.25) is 4.79 Å². The first-order chi connectivity index (χ1) is 12.0. The molecule has 4 aliphatic rings. The molecule has 4 bridgehead atoms. The number of esters is 1. The van der Waals surface area contributed by atoms with Crippen LogP contribution in [0, 0.1) is 24.7 Å². The lowest BCUT2D eigenvalue weighted by Gasteiger charge is -2.56. The number of amides is 1. The van der Waals surface area contributed by atoms with Gasteiger partial charge in [-0.15, -0.1) is 11.3 Å². The fourth-order valence-electron chi connectivity index (χ4n) is 5.48. The second-order valence-electron chi connectivity index (χ2n) is 8.15. The third-order valence-electron chi connectivity index (χ3n) is 6.06. The molecule has 0 unspecified atom stereocenters. The predicted molar refractivity (Wildman–Crippen MR) is 98.1 cm³/mol. The second kappa shape index (κ2) is 6.60. The van der Waals surface area contributed by atoms with Crippen molar-refractivity contribution in [3.63, 3.8) is 0 Å². The molecule has 1 heterocycles. The Morgan fingerprint density at radius 1 is 1.24 bits per heavy atom. The molecule has 134 valence electrons. The molecule has 1 amide bonds. The van der Waals surface area contributed by atoms with Crippen molar-refractivity contribution in [1.82, 2.24) is 5.32 Å². The van der Waals surface area contributed by atoms with Gasteiger partial charge in [-0.25, -0.2) is 4.79 Å². The summed E-state index contributed by atoms with van der Waals surface area (Å²) in [6, 6.07) is 2.01. The maximum Gasteiger partial charge on any atom is 0.331 e. The Hall–Kier alpha value is -1.62. The van der Waals surface area contributed by atoms with E-state index in [1.165, 1.54) is 25.3 Å². The Morgan fingerprint density at radius 2 is 1.88 bits per heavy atom. The summed E-state index contributed by atoms with van der Waals surface area (Å²) in [7, 11) is 0. The van der Waals surface area contributed by atoms with Crippen LogP contribution in [-0.2, 0) is 14.3 Å². The van der Waals surface area contributed by atoms with Crippen LogP contribution in [0.1, 0.15) is 49.0 Å². The first-order valence-electron chi connectivity index (χ1n) is 9.21. The van der Waals surface area contributed by atoms with E-state index >= 15 is 0 Å². The molecule has 1 aromatic rings. The number of ether oxygens (including phenoxy) is 1. The Balaban J connectivity index is 1.27. The van der Waals surface area contributed by atoms with Gasteiger partial charge in [0.05, 0.1) is 0 Å². The summed E-state index contributed by atoms with van der Waals surface area (Å²) in [5.41, 5.74) is 1.11. The summed E-state index contributed by atoms with van der Waals surface area (Å²) in [5, 5.41) is 5.21. The summed E-state index contributed by atoms with van der Waals surface area (Å²) in [6.45, 7) is 1.81. The van der Waals surface area contributed by atoms with Crippen molar-refractivity contribution < 1.29 is 14.3 Å². The van der Waals surface area contributed by atoms with Crippen molar-refractivity contribution in [3.8, 4) is 0 Å². The summed E-state index contributed by atoms with van der Waals surface area (Å²) in [4.78, 5) is 25.2. The van der Waals surface area contributed by atoms with E-state index in [9.17, 15) is 9.59 Å². The van der Waals surface area contributed by atoms with Crippen LogP contribution in [0.5, 0.6) is 0 Å². The normalized spacial score (nSPS) is 32.9. The van der Waals surface area contributed by atoms with Crippen LogP contribution in [0.3, 0.4) is 0 Å². The zero-order chi connectivity index (χ0) is 17.4. The van der Waals surface area contributed by atoms with Crippen molar-refractivity contribution in [2.75, 3.05) is 6.61 Å². The van der Waals surface area contributed by atoms with E-state index in [4.69, 9.17) is 4.74 Å². The lowest BCUT2D eigenvalue weighted by atomic mass is 9.53. The van der Waals surface area contributed by atoms with Crippen molar-refractivity contribution >= 4 is 29.3 Å². The summed E-state index contributed by atoms with van der Waals surface area (Å²) < 4.78 is 5.12. The minimum atomic E-state index is -0.464. The first-order valence-corrected chi connectivity index (χ1v) is 10.1. The number of nitrogens with one attached hydrogen (secondary N) is 1. The molecule has 0 radical (unpaired) electrons. The predicted octanol–water partition coefficient (Wildman–Crippen LogP) is 3.70. The van der Waals surface area contributed by atoms with Crippen molar-refractivity contribution in [2.45, 2.75) is 51.0 Å². The average Bonchev–Trinajstić information content (AvgIpc) is 2.94.